The Bertz CT molecular complexity index is 1290. The van der Waals surface area contributed by atoms with E-state index in [1.807, 2.05) is 0 Å². The molecule has 0 spiro atoms. The molecule has 0 fully saturated rings. The monoisotopic (exact) mass is 525 g/mol. The zero-order valence-electron chi connectivity index (χ0n) is 20.6. The number of aliphatic carboxylic acids is 1. The molecule has 36 heavy (non-hydrogen) atoms. The zero-order chi connectivity index (χ0) is 26.0. The van der Waals surface area contributed by atoms with Crippen LogP contribution in [0.15, 0.2) is 60.7 Å². The van der Waals surface area contributed by atoms with E-state index in [-0.39, 0.29) is 6.54 Å². The van der Waals surface area contributed by atoms with Gasteiger partial charge in [0.25, 0.3) is 5.91 Å². The Kier molecular flexibility index (Phi) is 7.62. The number of hydrogen-bond acceptors (Lipinski definition) is 3. The quantitative estimate of drug-likeness (QED) is 0.352. The maximum Gasteiger partial charge on any atom is 0.323 e. The Hall–Kier alpha value is -3.02. The summed E-state index contributed by atoms with van der Waals surface area (Å²) < 4.78 is 6.31. The fourth-order valence-electron chi connectivity index (χ4n) is 4.63. The van der Waals surface area contributed by atoms with Crippen LogP contribution in [0.3, 0.4) is 0 Å². The molecule has 0 saturated heterocycles. The first kappa shape index (κ1) is 26.1. The number of benzene rings is 3. The van der Waals surface area contributed by atoms with Gasteiger partial charge >= 0.3 is 5.97 Å². The number of hydrogen-bond donors (Lipinski definition) is 1. The van der Waals surface area contributed by atoms with Gasteiger partial charge in [-0.2, -0.15) is 0 Å². The highest BCUT2D eigenvalue weighted by molar-refractivity contribution is 6.42. The average Bonchev–Trinajstić information content (AvgIpc) is 3.15. The molecule has 0 aliphatic carbocycles. The number of rotatable bonds is 8. The third kappa shape index (κ3) is 5.85. The predicted molar refractivity (Wildman–Crippen MR) is 142 cm³/mol. The first-order chi connectivity index (χ1) is 17.0. The standard InChI is InChI=1S/C29H29Cl2NO4/c1-18(2)20-9-7-19(8-10-20)14-29(3)15-23-13-21(11-12-25(23)36-29)28(35)32(17-26(33)34)16-22-5-4-6-24(30)27(22)31/h4-13,18H,14-17H2,1-3H3,(H,33,34)/t29-/m0/s1. The molecule has 7 heteroatoms. The van der Waals surface area contributed by atoms with Crippen LogP contribution in [0, 0.1) is 0 Å². The van der Waals surface area contributed by atoms with Gasteiger partial charge < -0.3 is 14.7 Å². The summed E-state index contributed by atoms with van der Waals surface area (Å²) in [5.74, 6) is -0.278. The molecule has 1 aliphatic heterocycles. The summed E-state index contributed by atoms with van der Waals surface area (Å²) in [5.41, 5.74) is 3.97. The van der Waals surface area contributed by atoms with E-state index in [1.54, 1.807) is 36.4 Å². The molecule has 3 aromatic carbocycles. The Labute approximate surface area is 221 Å². The first-order valence-corrected chi connectivity index (χ1v) is 12.6. The SMILES string of the molecule is CC(C)c1ccc(C[C@@]2(C)Cc3cc(C(=O)N(CC(=O)O)Cc4cccc(Cl)c4Cl)ccc3O2)cc1. The summed E-state index contributed by atoms with van der Waals surface area (Å²) in [6, 6.07) is 19.0. The summed E-state index contributed by atoms with van der Waals surface area (Å²) in [7, 11) is 0. The minimum atomic E-state index is -1.11. The third-order valence-electron chi connectivity index (χ3n) is 6.46. The van der Waals surface area contributed by atoms with Crippen molar-refractivity contribution in [1.29, 1.82) is 0 Å². The molecule has 1 aliphatic rings. The maximum atomic E-state index is 13.4. The van der Waals surface area contributed by atoms with Crippen molar-refractivity contribution in [1.82, 2.24) is 4.90 Å². The lowest BCUT2D eigenvalue weighted by Gasteiger charge is -2.24. The number of fused-ring (bicyclic) bond motifs is 1. The van der Waals surface area contributed by atoms with Crippen molar-refractivity contribution in [3.63, 3.8) is 0 Å². The number of halogens is 2. The second-order valence-corrected chi connectivity index (χ2v) is 10.7. The molecule has 1 heterocycles. The molecule has 0 saturated carbocycles. The topological polar surface area (TPSA) is 66.8 Å². The van der Waals surface area contributed by atoms with E-state index in [9.17, 15) is 14.7 Å². The van der Waals surface area contributed by atoms with Crippen molar-refractivity contribution in [2.75, 3.05) is 6.54 Å². The lowest BCUT2D eigenvalue weighted by molar-refractivity contribution is -0.137. The van der Waals surface area contributed by atoms with Crippen LogP contribution in [-0.4, -0.2) is 34.0 Å². The Balaban J connectivity index is 1.52. The van der Waals surface area contributed by atoms with Gasteiger partial charge in [0.05, 0.1) is 10.0 Å². The highest BCUT2D eigenvalue weighted by atomic mass is 35.5. The van der Waals surface area contributed by atoms with Gasteiger partial charge in [-0.3, -0.25) is 9.59 Å². The molecule has 4 rings (SSSR count). The van der Waals surface area contributed by atoms with Crippen molar-refractivity contribution in [3.8, 4) is 5.75 Å². The summed E-state index contributed by atoms with van der Waals surface area (Å²) >= 11 is 12.4. The van der Waals surface area contributed by atoms with Crippen molar-refractivity contribution < 1.29 is 19.4 Å². The lowest BCUT2D eigenvalue weighted by Crippen LogP contribution is -2.35. The largest absolute Gasteiger partial charge is 0.487 e. The van der Waals surface area contributed by atoms with Crippen LogP contribution in [0.2, 0.25) is 10.0 Å². The van der Waals surface area contributed by atoms with E-state index in [4.69, 9.17) is 27.9 Å². The molecule has 5 nitrogen and oxygen atoms in total. The minimum Gasteiger partial charge on any atom is -0.487 e. The van der Waals surface area contributed by atoms with Gasteiger partial charge in [-0.05, 0) is 59.4 Å². The van der Waals surface area contributed by atoms with E-state index >= 15 is 0 Å². The molecule has 1 N–H and O–H groups in total. The maximum absolute atomic E-state index is 13.4. The van der Waals surface area contributed by atoms with E-state index < -0.39 is 24.0 Å². The smallest absolute Gasteiger partial charge is 0.323 e. The van der Waals surface area contributed by atoms with Crippen molar-refractivity contribution in [2.45, 2.75) is 51.7 Å². The molecule has 0 unspecified atom stereocenters. The van der Waals surface area contributed by atoms with Gasteiger partial charge in [0.15, 0.2) is 0 Å². The van der Waals surface area contributed by atoms with Crippen LogP contribution in [0.25, 0.3) is 0 Å². The van der Waals surface area contributed by atoms with Gasteiger partial charge in [-0.25, -0.2) is 0 Å². The fourth-order valence-corrected chi connectivity index (χ4v) is 5.01. The predicted octanol–water partition coefficient (Wildman–Crippen LogP) is 6.78. The summed E-state index contributed by atoms with van der Waals surface area (Å²) in [6.45, 7) is 5.99. The minimum absolute atomic E-state index is 0.0300. The first-order valence-electron chi connectivity index (χ1n) is 11.9. The summed E-state index contributed by atoms with van der Waals surface area (Å²) in [6.07, 6.45) is 1.39. The number of amides is 1. The molecule has 1 amide bonds. The van der Waals surface area contributed by atoms with Crippen LogP contribution < -0.4 is 4.74 Å². The van der Waals surface area contributed by atoms with Gasteiger partial charge in [0, 0.05) is 24.9 Å². The lowest BCUT2D eigenvalue weighted by atomic mass is 9.90. The molecule has 0 aromatic heterocycles. The normalized spacial score (nSPS) is 16.5. The van der Waals surface area contributed by atoms with Crippen LogP contribution in [-0.2, 0) is 24.2 Å². The molecular formula is C29H29Cl2NO4. The van der Waals surface area contributed by atoms with Gasteiger partial charge in [0.1, 0.15) is 17.9 Å². The van der Waals surface area contributed by atoms with E-state index in [1.165, 1.54) is 16.0 Å². The van der Waals surface area contributed by atoms with Crippen LogP contribution in [0.4, 0.5) is 0 Å². The number of ether oxygens (including phenoxy) is 1. The van der Waals surface area contributed by atoms with Crippen molar-refractivity contribution >= 4 is 35.1 Å². The van der Waals surface area contributed by atoms with Crippen molar-refractivity contribution in [2.24, 2.45) is 0 Å². The van der Waals surface area contributed by atoms with E-state index in [0.717, 1.165) is 17.7 Å². The summed E-state index contributed by atoms with van der Waals surface area (Å²) in [5, 5.41) is 10.1. The highest BCUT2D eigenvalue weighted by Crippen LogP contribution is 2.38. The second kappa shape index (κ2) is 10.5. The Morgan fingerprint density at radius 2 is 1.81 bits per heavy atom. The van der Waals surface area contributed by atoms with Crippen LogP contribution in [0.1, 0.15) is 59.3 Å². The second-order valence-electron chi connectivity index (χ2n) is 9.89. The molecule has 0 bridgehead atoms. The fraction of sp³-hybridized carbons (Fsp3) is 0.310. The molecule has 188 valence electrons. The van der Waals surface area contributed by atoms with E-state index in [0.29, 0.717) is 33.5 Å². The number of carbonyl (C=O) groups is 2. The Morgan fingerprint density at radius 3 is 2.47 bits per heavy atom. The number of carboxylic acids is 1. The number of carboxylic acid groups (broad SMARTS) is 1. The van der Waals surface area contributed by atoms with E-state index in [2.05, 4.69) is 45.0 Å². The Morgan fingerprint density at radius 1 is 1.08 bits per heavy atom. The number of carbonyl (C=O) groups excluding carboxylic acids is 1. The van der Waals surface area contributed by atoms with Gasteiger partial charge in [0.2, 0.25) is 0 Å². The number of nitrogens with zero attached hydrogens (tertiary/aromatic N) is 1. The molecule has 1 atom stereocenters. The van der Waals surface area contributed by atoms with Crippen molar-refractivity contribution in [3.05, 3.63) is 98.5 Å². The van der Waals surface area contributed by atoms with Gasteiger partial charge in [-0.15, -0.1) is 0 Å². The van der Waals surface area contributed by atoms with Crippen LogP contribution >= 0.6 is 23.2 Å². The molecule has 0 radical (unpaired) electrons. The molecular weight excluding hydrogens is 497 g/mol. The summed E-state index contributed by atoms with van der Waals surface area (Å²) in [4.78, 5) is 26.1. The highest BCUT2D eigenvalue weighted by Gasteiger charge is 2.35. The third-order valence-corrected chi connectivity index (χ3v) is 7.32. The van der Waals surface area contributed by atoms with Gasteiger partial charge in [-0.1, -0.05) is 73.4 Å². The molecule has 3 aromatic rings. The van der Waals surface area contributed by atoms with Crippen LogP contribution in [0.5, 0.6) is 5.75 Å². The average molecular weight is 526 g/mol. The zero-order valence-corrected chi connectivity index (χ0v) is 22.1.